The standard InChI is InChI=1S/C11H19N3OS2/c1-4-6-7-8(3)9(15)12-10-13-14-11(17-10)16-5-2/h8H,4-7H2,1-3H3,(H,12,13,15). The molecule has 1 aromatic rings. The van der Waals surface area contributed by atoms with Crippen molar-refractivity contribution in [3.63, 3.8) is 0 Å². The van der Waals surface area contributed by atoms with Gasteiger partial charge in [-0.3, -0.25) is 4.79 Å². The summed E-state index contributed by atoms with van der Waals surface area (Å²) in [5.74, 6) is 1.05. The number of hydrogen-bond acceptors (Lipinski definition) is 5. The normalized spacial score (nSPS) is 12.4. The first-order chi connectivity index (χ1) is 8.17. The number of nitrogens with zero attached hydrogens (tertiary/aromatic N) is 2. The monoisotopic (exact) mass is 273 g/mol. The van der Waals surface area contributed by atoms with Crippen LogP contribution in [0.4, 0.5) is 5.13 Å². The maximum absolute atomic E-state index is 11.8. The maximum Gasteiger partial charge on any atom is 0.229 e. The fraction of sp³-hybridized carbons (Fsp3) is 0.727. The smallest absolute Gasteiger partial charge is 0.229 e. The van der Waals surface area contributed by atoms with Gasteiger partial charge in [-0.2, -0.15) is 0 Å². The van der Waals surface area contributed by atoms with Gasteiger partial charge in [-0.25, -0.2) is 0 Å². The van der Waals surface area contributed by atoms with Gasteiger partial charge in [-0.15, -0.1) is 10.2 Å². The second kappa shape index (κ2) is 7.66. The molecule has 17 heavy (non-hydrogen) atoms. The molecule has 1 heterocycles. The highest BCUT2D eigenvalue weighted by Gasteiger charge is 2.14. The van der Waals surface area contributed by atoms with E-state index in [1.54, 1.807) is 11.8 Å². The lowest BCUT2D eigenvalue weighted by Gasteiger charge is -2.08. The Labute approximate surface area is 111 Å². The third-order valence-corrected chi connectivity index (χ3v) is 4.20. The van der Waals surface area contributed by atoms with Crippen LogP contribution in [0.3, 0.4) is 0 Å². The number of anilines is 1. The second-order valence-corrected chi connectivity index (χ2v) is 6.33. The van der Waals surface area contributed by atoms with Crippen molar-refractivity contribution < 1.29 is 4.79 Å². The molecule has 1 N–H and O–H groups in total. The molecule has 0 aliphatic heterocycles. The number of hydrogen-bond donors (Lipinski definition) is 1. The van der Waals surface area contributed by atoms with Crippen LogP contribution in [-0.2, 0) is 4.79 Å². The quantitative estimate of drug-likeness (QED) is 0.611. The first kappa shape index (κ1) is 14.4. The molecule has 0 spiro atoms. The molecule has 0 radical (unpaired) electrons. The molecule has 0 aromatic carbocycles. The Balaban J connectivity index is 2.43. The third-order valence-electron chi connectivity index (χ3n) is 2.34. The number of thioether (sulfide) groups is 1. The van der Waals surface area contributed by atoms with Gasteiger partial charge in [0.05, 0.1) is 0 Å². The van der Waals surface area contributed by atoms with Gasteiger partial charge in [-0.1, -0.05) is 56.7 Å². The summed E-state index contributed by atoms with van der Waals surface area (Å²) >= 11 is 3.07. The van der Waals surface area contributed by atoms with Crippen molar-refractivity contribution in [2.75, 3.05) is 11.1 Å². The van der Waals surface area contributed by atoms with Gasteiger partial charge in [-0.05, 0) is 12.2 Å². The SMILES string of the molecule is CCCCC(C)C(=O)Nc1nnc(SCC)s1. The zero-order valence-electron chi connectivity index (χ0n) is 10.5. The molecule has 0 aliphatic carbocycles. The molecule has 6 heteroatoms. The van der Waals surface area contributed by atoms with Crippen LogP contribution in [-0.4, -0.2) is 21.9 Å². The largest absolute Gasteiger partial charge is 0.300 e. The predicted octanol–water partition coefficient (Wildman–Crippen LogP) is 3.41. The molecule has 96 valence electrons. The molecule has 0 aliphatic rings. The Morgan fingerprint density at radius 2 is 2.24 bits per heavy atom. The van der Waals surface area contributed by atoms with Crippen molar-refractivity contribution in [1.82, 2.24) is 10.2 Å². The van der Waals surface area contributed by atoms with Crippen LogP contribution < -0.4 is 5.32 Å². The molecule has 1 rings (SSSR count). The van der Waals surface area contributed by atoms with Crippen LogP contribution in [0.1, 0.15) is 40.0 Å². The number of aromatic nitrogens is 2. The first-order valence-corrected chi connectivity index (χ1v) is 7.74. The van der Waals surface area contributed by atoms with Gasteiger partial charge < -0.3 is 5.32 Å². The summed E-state index contributed by atoms with van der Waals surface area (Å²) in [5.41, 5.74) is 0. The highest BCUT2D eigenvalue weighted by atomic mass is 32.2. The van der Waals surface area contributed by atoms with Crippen LogP contribution in [0, 0.1) is 5.92 Å². The Kier molecular flexibility index (Phi) is 6.50. The minimum absolute atomic E-state index is 0.0427. The van der Waals surface area contributed by atoms with Gasteiger partial charge in [0.15, 0.2) is 4.34 Å². The van der Waals surface area contributed by atoms with E-state index < -0.39 is 0 Å². The maximum atomic E-state index is 11.8. The lowest BCUT2D eigenvalue weighted by Crippen LogP contribution is -2.20. The predicted molar refractivity (Wildman–Crippen MR) is 73.6 cm³/mol. The fourth-order valence-corrected chi connectivity index (χ4v) is 2.96. The van der Waals surface area contributed by atoms with Crippen molar-refractivity contribution in [2.45, 2.75) is 44.4 Å². The van der Waals surface area contributed by atoms with Crippen LogP contribution in [0.2, 0.25) is 0 Å². The molecular weight excluding hydrogens is 254 g/mol. The average Bonchev–Trinajstić information content (AvgIpc) is 2.74. The van der Waals surface area contributed by atoms with Crippen LogP contribution in [0.15, 0.2) is 4.34 Å². The molecule has 0 bridgehead atoms. The van der Waals surface area contributed by atoms with Gasteiger partial charge in [0.1, 0.15) is 0 Å². The minimum Gasteiger partial charge on any atom is -0.300 e. The first-order valence-electron chi connectivity index (χ1n) is 5.94. The molecule has 1 atom stereocenters. The molecule has 0 fully saturated rings. The number of rotatable bonds is 7. The van der Waals surface area contributed by atoms with E-state index in [1.165, 1.54) is 11.3 Å². The van der Waals surface area contributed by atoms with E-state index in [9.17, 15) is 4.79 Å². The summed E-state index contributed by atoms with van der Waals surface area (Å²) in [7, 11) is 0. The molecule has 0 saturated carbocycles. The number of carbonyl (C=O) groups is 1. The molecule has 1 unspecified atom stereocenters. The Morgan fingerprint density at radius 3 is 2.88 bits per heavy atom. The summed E-state index contributed by atoms with van der Waals surface area (Å²) in [4.78, 5) is 11.8. The lowest BCUT2D eigenvalue weighted by atomic mass is 10.0. The van der Waals surface area contributed by atoms with E-state index in [1.807, 2.05) is 6.92 Å². The third kappa shape index (κ3) is 5.04. The van der Waals surface area contributed by atoms with Gasteiger partial charge in [0, 0.05) is 5.92 Å². The van der Waals surface area contributed by atoms with Crippen molar-refractivity contribution in [3.8, 4) is 0 Å². The van der Waals surface area contributed by atoms with Crippen molar-refractivity contribution in [3.05, 3.63) is 0 Å². The highest BCUT2D eigenvalue weighted by Crippen LogP contribution is 2.25. The molecule has 1 aromatic heterocycles. The minimum atomic E-state index is 0.0427. The second-order valence-electron chi connectivity index (χ2n) is 3.84. The Hall–Kier alpha value is -0.620. The molecule has 4 nitrogen and oxygen atoms in total. The van der Waals surface area contributed by atoms with E-state index >= 15 is 0 Å². The van der Waals surface area contributed by atoms with Gasteiger partial charge in [0.25, 0.3) is 0 Å². The number of unbranched alkanes of at least 4 members (excludes halogenated alkanes) is 1. The number of carbonyl (C=O) groups excluding carboxylic acids is 1. The number of amides is 1. The van der Waals surface area contributed by atoms with E-state index in [0.717, 1.165) is 29.4 Å². The Morgan fingerprint density at radius 1 is 1.47 bits per heavy atom. The van der Waals surface area contributed by atoms with Gasteiger partial charge in [0.2, 0.25) is 11.0 Å². The summed E-state index contributed by atoms with van der Waals surface area (Å²) in [6.45, 7) is 6.15. The molecule has 1 amide bonds. The van der Waals surface area contributed by atoms with Crippen molar-refractivity contribution in [1.29, 1.82) is 0 Å². The van der Waals surface area contributed by atoms with Gasteiger partial charge >= 0.3 is 0 Å². The molecular formula is C11H19N3OS2. The summed E-state index contributed by atoms with van der Waals surface area (Å²) < 4.78 is 0.906. The van der Waals surface area contributed by atoms with E-state index in [2.05, 4.69) is 29.4 Å². The molecule has 0 saturated heterocycles. The topological polar surface area (TPSA) is 54.9 Å². The van der Waals surface area contributed by atoms with E-state index in [0.29, 0.717) is 5.13 Å². The summed E-state index contributed by atoms with van der Waals surface area (Å²) in [6, 6.07) is 0. The van der Waals surface area contributed by atoms with Crippen LogP contribution in [0.5, 0.6) is 0 Å². The van der Waals surface area contributed by atoms with E-state index in [-0.39, 0.29) is 11.8 Å². The highest BCUT2D eigenvalue weighted by molar-refractivity contribution is 8.01. The fourth-order valence-electron chi connectivity index (χ4n) is 1.31. The zero-order chi connectivity index (χ0) is 12.7. The van der Waals surface area contributed by atoms with Crippen LogP contribution >= 0.6 is 23.1 Å². The van der Waals surface area contributed by atoms with Crippen LogP contribution in [0.25, 0.3) is 0 Å². The van der Waals surface area contributed by atoms with Crippen molar-refractivity contribution >= 4 is 34.1 Å². The number of nitrogens with one attached hydrogen (secondary N) is 1. The average molecular weight is 273 g/mol. The summed E-state index contributed by atoms with van der Waals surface area (Å²) in [6.07, 6.45) is 3.13. The zero-order valence-corrected chi connectivity index (χ0v) is 12.2. The van der Waals surface area contributed by atoms with E-state index in [4.69, 9.17) is 0 Å². The summed E-state index contributed by atoms with van der Waals surface area (Å²) in [5, 5.41) is 11.4. The van der Waals surface area contributed by atoms with Crippen molar-refractivity contribution in [2.24, 2.45) is 5.92 Å². The Bertz CT molecular complexity index is 354. The lowest BCUT2D eigenvalue weighted by molar-refractivity contribution is -0.119.